The van der Waals surface area contributed by atoms with Gasteiger partial charge >= 0.3 is 17.9 Å². The Labute approximate surface area is 525 Å². The van der Waals surface area contributed by atoms with Gasteiger partial charge in [0.2, 0.25) is 5.89 Å². The summed E-state index contributed by atoms with van der Waals surface area (Å²) in [5.74, 6) is -0.734. The second-order valence-electron chi connectivity index (χ2n) is 24.2. The zero-order chi connectivity index (χ0) is 64.3. The maximum Gasteiger partial charge on any atom is 0.338 e. The van der Waals surface area contributed by atoms with Crippen molar-refractivity contribution in [1.82, 2.24) is 15.6 Å². The lowest BCUT2D eigenvalue weighted by atomic mass is 9.86. The van der Waals surface area contributed by atoms with Crippen LogP contribution in [0.25, 0.3) is 22.7 Å². The number of nitrogens with one attached hydrogen (secondary N) is 2. The summed E-state index contributed by atoms with van der Waals surface area (Å²) in [6.07, 6.45) is 13.9. The van der Waals surface area contributed by atoms with E-state index in [0.29, 0.717) is 40.5 Å². The van der Waals surface area contributed by atoms with Crippen LogP contribution in [0.4, 0.5) is 0 Å². The lowest BCUT2D eigenvalue weighted by molar-refractivity contribution is -0.143. The van der Waals surface area contributed by atoms with Crippen LogP contribution in [-0.2, 0) is 47.5 Å². The maximum absolute atomic E-state index is 12.9. The van der Waals surface area contributed by atoms with E-state index in [-0.39, 0.29) is 40.9 Å². The summed E-state index contributed by atoms with van der Waals surface area (Å²) in [6.45, 7) is 18.0. The summed E-state index contributed by atoms with van der Waals surface area (Å²) < 4.78 is 32.5. The van der Waals surface area contributed by atoms with Gasteiger partial charge in [0.05, 0.1) is 33.0 Å². The number of ketones is 1. The minimum absolute atomic E-state index is 0.0177. The number of ether oxygens (including phenoxy) is 5. The van der Waals surface area contributed by atoms with Crippen LogP contribution in [-0.4, -0.2) is 86.6 Å². The Morgan fingerprint density at radius 2 is 0.865 bits per heavy atom. The summed E-state index contributed by atoms with van der Waals surface area (Å²) in [5.41, 5.74) is 7.80. The molecule has 0 fully saturated rings. The molecule has 0 aliphatic rings. The first-order chi connectivity index (χ1) is 42.7. The van der Waals surface area contributed by atoms with Gasteiger partial charge in [-0.2, -0.15) is 0 Å². The Kier molecular flexibility index (Phi) is 26.9. The third-order valence-electron chi connectivity index (χ3n) is 15.1. The van der Waals surface area contributed by atoms with E-state index in [9.17, 15) is 28.8 Å². The second kappa shape index (κ2) is 34.6. The molecular weight excluding hydrogens is 1120 g/mol. The number of unbranched alkanes of at least 4 members (excludes halogenated alkanes) is 8. The monoisotopic (exact) mass is 1210 g/mol. The Hall–Kier alpha value is -8.85. The van der Waals surface area contributed by atoms with Crippen molar-refractivity contribution < 1.29 is 56.9 Å². The number of carbonyl (C=O) groups is 6. The van der Waals surface area contributed by atoms with E-state index in [1.807, 2.05) is 72.8 Å². The van der Waals surface area contributed by atoms with Crippen LogP contribution in [0.2, 0.25) is 0 Å². The number of amides is 2. The van der Waals surface area contributed by atoms with Crippen molar-refractivity contribution >= 4 is 35.5 Å². The van der Waals surface area contributed by atoms with Crippen LogP contribution in [0.15, 0.2) is 156 Å². The average molecular weight is 1210 g/mol. The lowest BCUT2D eigenvalue weighted by Crippen LogP contribution is -2.43. The van der Waals surface area contributed by atoms with Crippen LogP contribution in [0, 0.1) is 0 Å². The largest absolute Gasteiger partial charge is 0.494 e. The number of hydrogen-bond acceptors (Lipinski definition) is 13. The van der Waals surface area contributed by atoms with Gasteiger partial charge in [-0.15, -0.1) is 0 Å². The second-order valence-corrected chi connectivity index (χ2v) is 24.2. The molecule has 15 nitrogen and oxygen atoms in total. The van der Waals surface area contributed by atoms with Crippen LogP contribution in [0.5, 0.6) is 11.5 Å². The summed E-state index contributed by atoms with van der Waals surface area (Å²) in [6, 6.07) is 41.7. The molecule has 2 N–H and O–H groups in total. The predicted molar refractivity (Wildman–Crippen MR) is 348 cm³/mol. The molecular formula is C74H89N3O12. The molecule has 0 saturated heterocycles. The fourth-order valence-corrected chi connectivity index (χ4v) is 9.52. The quantitative estimate of drug-likeness (QED) is 0.0187. The van der Waals surface area contributed by atoms with E-state index < -0.39 is 42.5 Å². The zero-order valence-electron chi connectivity index (χ0n) is 53.5. The first kappa shape index (κ1) is 69.3. The summed E-state index contributed by atoms with van der Waals surface area (Å²) in [7, 11) is 2.58. The number of esters is 3. The van der Waals surface area contributed by atoms with Crippen molar-refractivity contribution in [3.05, 3.63) is 196 Å². The van der Waals surface area contributed by atoms with Crippen LogP contribution in [0.1, 0.15) is 183 Å². The molecule has 0 radical (unpaired) electrons. The summed E-state index contributed by atoms with van der Waals surface area (Å²) >= 11 is 0. The zero-order valence-corrected chi connectivity index (χ0v) is 53.5. The minimum Gasteiger partial charge on any atom is -0.494 e. The Morgan fingerprint density at radius 3 is 1.29 bits per heavy atom. The third kappa shape index (κ3) is 22.4. The predicted octanol–water partition coefficient (Wildman–Crippen LogP) is 15.1. The van der Waals surface area contributed by atoms with Gasteiger partial charge in [-0.3, -0.25) is 14.4 Å². The number of nitrogens with zero attached hydrogens (tertiary/aromatic N) is 1. The number of hydrogen-bond donors (Lipinski definition) is 2. The van der Waals surface area contributed by atoms with E-state index in [1.54, 1.807) is 79.1 Å². The number of aromatic nitrogens is 1. The molecule has 0 saturated carbocycles. The van der Waals surface area contributed by atoms with E-state index in [4.69, 9.17) is 28.1 Å². The molecule has 7 aromatic rings. The SMILES string of the molecule is CCCCCCCOc1ccc(-c2coc(-c3ccc(C[C@H](NC(=O)c4ccc(C(C)(C)C)cc4)C(=O)OC)cc3)n2)cc1.CCCCCCCOc1ccc(C(=O)COC(=O)c2ccc(C[C@H](NC(=O)c3ccc(C(C)(C)C)cc3)C(=O)OC)cc2)cc1. The van der Waals surface area contributed by atoms with Crippen LogP contribution < -0.4 is 20.1 Å². The number of carbonyl (C=O) groups excluding carboxylic acids is 6. The topological polar surface area (TPSA) is 199 Å². The molecule has 0 aliphatic heterocycles. The van der Waals surface area contributed by atoms with Crippen molar-refractivity contribution in [3.63, 3.8) is 0 Å². The number of rotatable bonds is 30. The number of methoxy groups -OCH3 is 2. The summed E-state index contributed by atoms with van der Waals surface area (Å²) in [4.78, 5) is 80.7. The maximum atomic E-state index is 12.9. The smallest absolute Gasteiger partial charge is 0.338 e. The highest BCUT2D eigenvalue weighted by atomic mass is 16.5. The van der Waals surface area contributed by atoms with Crippen LogP contribution in [0.3, 0.4) is 0 Å². The van der Waals surface area contributed by atoms with Gasteiger partial charge in [-0.1, -0.05) is 155 Å². The van der Waals surface area contributed by atoms with Gasteiger partial charge in [-0.05, 0) is 143 Å². The first-order valence-electron chi connectivity index (χ1n) is 31.0. The van der Waals surface area contributed by atoms with Gasteiger partial charge in [0, 0.05) is 40.7 Å². The number of oxazole rings is 1. The molecule has 2 atom stereocenters. The van der Waals surface area contributed by atoms with Crippen molar-refractivity contribution in [2.75, 3.05) is 34.0 Å². The standard InChI is InChI=1S/C37H44N2O5.C37H45NO7/c1-6-7-8-9-10-23-43-31-21-17-27(18-22-31)33-25-44-35(39-33)29-13-11-26(12-14-29)24-32(36(41)42-5)38-34(40)28-15-19-30(20-16-28)37(2,3)4;1-6-7-8-9-10-23-44-31-21-17-27(18-22-31)33(39)25-45-35(41)29-13-11-26(12-14-29)24-32(36(42)43-5)38-34(40)28-15-19-30(20-16-28)37(2,3)4/h11-22,25,32H,6-10,23-24H2,1-5H3,(H,38,40);11-22,32H,6-10,23-25H2,1-5H3,(H,38,40)/t2*32-/m00/s1. The Morgan fingerprint density at radius 1 is 0.472 bits per heavy atom. The molecule has 1 heterocycles. The van der Waals surface area contributed by atoms with Crippen molar-refractivity contribution in [3.8, 4) is 34.2 Å². The minimum atomic E-state index is -0.928. The van der Waals surface area contributed by atoms with E-state index in [0.717, 1.165) is 65.1 Å². The molecule has 89 heavy (non-hydrogen) atoms. The highest BCUT2D eigenvalue weighted by Gasteiger charge is 2.26. The number of Topliss-reactive ketones (excluding diaryl/α,β-unsaturated/α-hetero) is 1. The molecule has 6 aromatic carbocycles. The van der Waals surface area contributed by atoms with E-state index in [1.165, 1.54) is 59.2 Å². The molecule has 2 amide bonds. The molecule has 472 valence electrons. The number of benzene rings is 6. The lowest BCUT2D eigenvalue weighted by Gasteiger charge is -2.20. The van der Waals surface area contributed by atoms with E-state index in [2.05, 4.69) is 71.0 Å². The Balaban J connectivity index is 0.000000284. The highest BCUT2D eigenvalue weighted by Crippen LogP contribution is 2.28. The van der Waals surface area contributed by atoms with Gasteiger partial charge < -0.3 is 38.7 Å². The molecule has 0 aliphatic carbocycles. The summed E-state index contributed by atoms with van der Waals surface area (Å²) in [5, 5.41) is 5.58. The molecule has 1 aromatic heterocycles. The van der Waals surface area contributed by atoms with E-state index >= 15 is 0 Å². The highest BCUT2D eigenvalue weighted by molar-refractivity contribution is 6.00. The van der Waals surface area contributed by atoms with Gasteiger partial charge in [0.15, 0.2) is 12.4 Å². The third-order valence-corrected chi connectivity index (χ3v) is 15.1. The molecule has 7 rings (SSSR count). The van der Waals surface area contributed by atoms with Gasteiger partial charge in [0.25, 0.3) is 11.8 Å². The van der Waals surface area contributed by atoms with Gasteiger partial charge in [-0.25, -0.2) is 19.4 Å². The molecule has 15 heteroatoms. The molecule has 0 bridgehead atoms. The molecule has 0 unspecified atom stereocenters. The molecule has 0 spiro atoms. The van der Waals surface area contributed by atoms with Crippen LogP contribution >= 0.6 is 0 Å². The Bertz CT molecular complexity index is 3340. The fraction of sp³-hybridized carbons (Fsp3) is 0.392. The van der Waals surface area contributed by atoms with Crippen molar-refractivity contribution in [1.29, 1.82) is 0 Å². The average Bonchev–Trinajstić information content (AvgIpc) is 2.91. The van der Waals surface area contributed by atoms with Gasteiger partial charge in [0.1, 0.15) is 35.5 Å². The van der Waals surface area contributed by atoms with Crippen molar-refractivity contribution in [2.45, 2.75) is 155 Å². The normalized spacial score (nSPS) is 11.9. The fourth-order valence-electron chi connectivity index (χ4n) is 9.52. The van der Waals surface area contributed by atoms with Crippen molar-refractivity contribution in [2.24, 2.45) is 0 Å². The first-order valence-corrected chi connectivity index (χ1v) is 31.0.